The summed E-state index contributed by atoms with van der Waals surface area (Å²) in [7, 11) is -3.16. The standard InChI is InChI=1S/C19H27N5O4S/c1-29(26,27)23-11-6-16(7-12-23)19(25)22-9-4-15(5-10-22)14-28-18-3-2-17-20-8-13-24(17)21-18/h2-3,8,13,15-16H,4-7,9-12,14H2,1H3. The Kier molecular flexibility index (Phi) is 5.73. The zero-order valence-corrected chi connectivity index (χ0v) is 17.4. The zero-order chi connectivity index (χ0) is 20.4. The van der Waals surface area contributed by atoms with Crippen molar-refractivity contribution in [3.8, 4) is 5.88 Å². The first-order valence-electron chi connectivity index (χ1n) is 10.1. The Morgan fingerprint density at radius 2 is 1.86 bits per heavy atom. The molecule has 0 radical (unpaired) electrons. The fourth-order valence-corrected chi connectivity index (χ4v) is 4.96. The maximum atomic E-state index is 12.8. The van der Waals surface area contributed by atoms with Crippen LogP contribution in [0.25, 0.3) is 5.65 Å². The number of hydrogen-bond acceptors (Lipinski definition) is 6. The lowest BCUT2D eigenvalue weighted by atomic mass is 9.93. The predicted octanol–water partition coefficient (Wildman–Crippen LogP) is 1.02. The van der Waals surface area contributed by atoms with Crippen LogP contribution in [0.15, 0.2) is 24.5 Å². The second-order valence-electron chi connectivity index (χ2n) is 7.92. The summed E-state index contributed by atoms with van der Waals surface area (Å²) >= 11 is 0. The van der Waals surface area contributed by atoms with Crippen LogP contribution in [0, 0.1) is 11.8 Å². The summed E-state index contributed by atoms with van der Waals surface area (Å²) in [6, 6.07) is 3.70. The molecule has 10 heteroatoms. The van der Waals surface area contributed by atoms with Crippen LogP contribution in [-0.2, 0) is 14.8 Å². The number of carbonyl (C=O) groups is 1. The fourth-order valence-electron chi connectivity index (χ4n) is 4.09. The van der Waals surface area contributed by atoms with Gasteiger partial charge in [0.25, 0.3) is 0 Å². The molecule has 2 aliphatic rings. The molecular weight excluding hydrogens is 394 g/mol. The van der Waals surface area contributed by atoms with Gasteiger partial charge in [-0.3, -0.25) is 4.79 Å². The number of piperidine rings is 2. The van der Waals surface area contributed by atoms with Gasteiger partial charge in [-0.2, -0.15) is 0 Å². The molecule has 0 spiro atoms. The Hall–Kier alpha value is -2.20. The van der Waals surface area contributed by atoms with Crippen LogP contribution in [0.5, 0.6) is 5.88 Å². The third kappa shape index (κ3) is 4.69. The van der Waals surface area contributed by atoms with Gasteiger partial charge in [-0.15, -0.1) is 5.10 Å². The summed E-state index contributed by atoms with van der Waals surface area (Å²) in [5, 5.41) is 4.37. The highest BCUT2D eigenvalue weighted by molar-refractivity contribution is 7.88. The van der Waals surface area contributed by atoms with Crippen LogP contribution >= 0.6 is 0 Å². The Labute approximate surface area is 170 Å². The number of amides is 1. The summed E-state index contributed by atoms with van der Waals surface area (Å²) < 4.78 is 32.3. The molecule has 2 aliphatic heterocycles. The number of rotatable bonds is 5. The highest BCUT2D eigenvalue weighted by Crippen LogP contribution is 2.25. The van der Waals surface area contributed by atoms with E-state index in [1.165, 1.54) is 10.6 Å². The molecule has 29 heavy (non-hydrogen) atoms. The van der Waals surface area contributed by atoms with Crippen LogP contribution < -0.4 is 4.74 Å². The van der Waals surface area contributed by atoms with Gasteiger partial charge in [0.2, 0.25) is 21.8 Å². The van der Waals surface area contributed by atoms with Crippen LogP contribution in [0.4, 0.5) is 0 Å². The fraction of sp³-hybridized carbons (Fsp3) is 0.632. The van der Waals surface area contributed by atoms with Gasteiger partial charge in [-0.05, 0) is 37.7 Å². The third-order valence-corrected chi connectivity index (χ3v) is 7.20. The number of nitrogens with zero attached hydrogens (tertiary/aromatic N) is 5. The molecule has 0 N–H and O–H groups in total. The summed E-state index contributed by atoms with van der Waals surface area (Å²) in [6.07, 6.45) is 7.73. The highest BCUT2D eigenvalue weighted by atomic mass is 32.2. The zero-order valence-electron chi connectivity index (χ0n) is 16.6. The van der Waals surface area contributed by atoms with E-state index in [1.807, 2.05) is 17.0 Å². The Balaban J connectivity index is 1.22. The normalized spacial score (nSPS) is 20.2. The second-order valence-corrected chi connectivity index (χ2v) is 9.90. The average molecular weight is 422 g/mol. The highest BCUT2D eigenvalue weighted by Gasteiger charge is 2.33. The smallest absolute Gasteiger partial charge is 0.231 e. The molecule has 0 unspecified atom stereocenters. The van der Waals surface area contributed by atoms with E-state index in [-0.39, 0.29) is 11.8 Å². The van der Waals surface area contributed by atoms with Crippen LogP contribution in [0.2, 0.25) is 0 Å². The Morgan fingerprint density at radius 1 is 1.14 bits per heavy atom. The number of imidazole rings is 1. The summed E-state index contributed by atoms with van der Waals surface area (Å²) in [5.41, 5.74) is 0.784. The van der Waals surface area contributed by atoms with Gasteiger partial charge < -0.3 is 9.64 Å². The van der Waals surface area contributed by atoms with E-state index in [1.54, 1.807) is 16.9 Å². The predicted molar refractivity (Wildman–Crippen MR) is 107 cm³/mol. The number of hydrogen-bond donors (Lipinski definition) is 0. The number of fused-ring (bicyclic) bond motifs is 1. The number of sulfonamides is 1. The topological polar surface area (TPSA) is 97.1 Å². The first-order chi connectivity index (χ1) is 13.9. The number of carbonyl (C=O) groups excluding carboxylic acids is 1. The molecule has 2 aromatic heterocycles. The van der Waals surface area contributed by atoms with E-state index in [4.69, 9.17) is 4.74 Å². The Bertz CT molecular complexity index is 960. The van der Waals surface area contributed by atoms with Crippen molar-refractivity contribution in [3.05, 3.63) is 24.5 Å². The first-order valence-corrected chi connectivity index (χ1v) is 11.9. The van der Waals surface area contributed by atoms with Crippen molar-refractivity contribution in [2.75, 3.05) is 39.0 Å². The summed E-state index contributed by atoms with van der Waals surface area (Å²) in [4.78, 5) is 18.9. The molecule has 158 valence electrons. The van der Waals surface area contributed by atoms with Gasteiger partial charge in [0.05, 0.1) is 12.9 Å². The molecule has 2 fully saturated rings. The minimum Gasteiger partial charge on any atom is -0.476 e. The number of likely N-dealkylation sites (tertiary alicyclic amines) is 1. The molecule has 0 aromatic carbocycles. The van der Waals surface area contributed by atoms with E-state index in [9.17, 15) is 13.2 Å². The quantitative estimate of drug-likeness (QED) is 0.715. The minimum atomic E-state index is -3.16. The monoisotopic (exact) mass is 421 g/mol. The third-order valence-electron chi connectivity index (χ3n) is 5.90. The molecule has 2 aromatic rings. The summed E-state index contributed by atoms with van der Waals surface area (Å²) in [5.74, 6) is 1.08. The van der Waals surface area contributed by atoms with Crippen molar-refractivity contribution < 1.29 is 17.9 Å². The lowest BCUT2D eigenvalue weighted by molar-refractivity contribution is -0.138. The molecule has 0 atom stereocenters. The number of ether oxygens (including phenoxy) is 1. The maximum absolute atomic E-state index is 12.8. The van der Waals surface area contributed by atoms with E-state index in [0.29, 0.717) is 44.3 Å². The van der Waals surface area contributed by atoms with Gasteiger partial charge in [-0.1, -0.05) is 0 Å². The van der Waals surface area contributed by atoms with Crippen molar-refractivity contribution >= 4 is 21.6 Å². The molecule has 2 saturated heterocycles. The van der Waals surface area contributed by atoms with E-state index in [2.05, 4.69) is 10.1 Å². The van der Waals surface area contributed by atoms with Crippen molar-refractivity contribution in [1.82, 2.24) is 23.8 Å². The van der Waals surface area contributed by atoms with Gasteiger partial charge in [0, 0.05) is 50.6 Å². The minimum absolute atomic E-state index is 0.0630. The van der Waals surface area contributed by atoms with Crippen LogP contribution in [0.3, 0.4) is 0 Å². The molecule has 0 aliphatic carbocycles. The molecule has 4 rings (SSSR count). The first kappa shape index (κ1) is 20.1. The van der Waals surface area contributed by atoms with Gasteiger partial charge in [-0.25, -0.2) is 22.2 Å². The van der Waals surface area contributed by atoms with Gasteiger partial charge in [0.1, 0.15) is 0 Å². The van der Waals surface area contributed by atoms with Crippen molar-refractivity contribution in [3.63, 3.8) is 0 Å². The van der Waals surface area contributed by atoms with Gasteiger partial charge >= 0.3 is 0 Å². The van der Waals surface area contributed by atoms with E-state index >= 15 is 0 Å². The molecule has 4 heterocycles. The number of aromatic nitrogens is 3. The molecule has 1 amide bonds. The van der Waals surface area contributed by atoms with Crippen molar-refractivity contribution in [2.45, 2.75) is 25.7 Å². The van der Waals surface area contributed by atoms with Crippen LogP contribution in [-0.4, -0.2) is 77.2 Å². The van der Waals surface area contributed by atoms with E-state index < -0.39 is 10.0 Å². The van der Waals surface area contributed by atoms with Gasteiger partial charge in [0.15, 0.2) is 5.65 Å². The lowest BCUT2D eigenvalue weighted by Crippen LogP contribution is -2.46. The largest absolute Gasteiger partial charge is 0.476 e. The lowest BCUT2D eigenvalue weighted by Gasteiger charge is -2.36. The van der Waals surface area contributed by atoms with Crippen molar-refractivity contribution in [2.24, 2.45) is 11.8 Å². The molecule has 0 saturated carbocycles. The van der Waals surface area contributed by atoms with Crippen LogP contribution in [0.1, 0.15) is 25.7 Å². The molecular formula is C19H27N5O4S. The SMILES string of the molecule is CS(=O)(=O)N1CCC(C(=O)N2CCC(COc3ccc4nccn4n3)CC2)CC1. The second kappa shape index (κ2) is 8.27. The van der Waals surface area contributed by atoms with Crippen molar-refractivity contribution in [1.29, 1.82) is 0 Å². The molecule has 9 nitrogen and oxygen atoms in total. The van der Waals surface area contributed by atoms with E-state index in [0.717, 1.165) is 31.6 Å². The average Bonchev–Trinajstić information content (AvgIpc) is 3.19. The maximum Gasteiger partial charge on any atom is 0.231 e. The Morgan fingerprint density at radius 3 is 2.55 bits per heavy atom. The molecule has 0 bridgehead atoms. The summed E-state index contributed by atoms with van der Waals surface area (Å²) in [6.45, 7) is 2.92.